The van der Waals surface area contributed by atoms with Gasteiger partial charge in [0, 0.05) is 0 Å². The first-order valence-electron chi connectivity index (χ1n) is 1.19. The zero-order chi connectivity index (χ0) is 4.28. The molecule has 0 radical (unpaired) electrons. The van der Waals surface area contributed by atoms with E-state index in [1.807, 2.05) is 0 Å². The third-order valence-corrected chi connectivity index (χ3v) is 0.524. The molecule has 0 aliphatic rings. The van der Waals surface area contributed by atoms with Crippen LogP contribution < -0.4 is 0 Å². The number of carboxylic acid groups (broad SMARTS) is 1. The molecule has 0 bridgehead atoms. The molecule has 0 saturated carbocycles. The SMILES string of the molecule is O=C(O)CP.[NaH]. The van der Waals surface area contributed by atoms with Gasteiger partial charge in [0.25, 0.3) is 0 Å². The molecule has 0 aromatic rings. The first kappa shape index (κ1) is 10.0. The Morgan fingerprint density at radius 2 is 2.00 bits per heavy atom. The summed E-state index contributed by atoms with van der Waals surface area (Å²) in [5, 5.41) is 7.70. The quantitative estimate of drug-likeness (QED) is 0.363. The van der Waals surface area contributed by atoms with E-state index in [4.69, 9.17) is 5.11 Å². The van der Waals surface area contributed by atoms with Crippen LogP contribution in [-0.2, 0) is 4.79 Å². The molecule has 0 rings (SSSR count). The van der Waals surface area contributed by atoms with Crippen molar-refractivity contribution in [2.24, 2.45) is 0 Å². The van der Waals surface area contributed by atoms with Gasteiger partial charge in [0.2, 0.25) is 0 Å². The van der Waals surface area contributed by atoms with Gasteiger partial charge in [0.1, 0.15) is 0 Å². The van der Waals surface area contributed by atoms with Crippen molar-refractivity contribution in [1.82, 2.24) is 0 Å². The van der Waals surface area contributed by atoms with Crippen LogP contribution in [0.5, 0.6) is 0 Å². The van der Waals surface area contributed by atoms with Crippen molar-refractivity contribution in [1.29, 1.82) is 0 Å². The number of carboxylic acids is 1. The van der Waals surface area contributed by atoms with Gasteiger partial charge < -0.3 is 5.11 Å². The Balaban J connectivity index is 0. The van der Waals surface area contributed by atoms with Crippen molar-refractivity contribution in [3.63, 3.8) is 0 Å². The van der Waals surface area contributed by atoms with E-state index in [2.05, 4.69) is 9.24 Å². The molecular formula is C2H6NaO2P. The summed E-state index contributed by atoms with van der Waals surface area (Å²) >= 11 is 0. The molecule has 0 heterocycles. The van der Waals surface area contributed by atoms with E-state index in [0.29, 0.717) is 0 Å². The molecule has 0 fully saturated rings. The molecule has 0 spiro atoms. The van der Waals surface area contributed by atoms with Crippen LogP contribution in [0.25, 0.3) is 0 Å². The molecule has 1 atom stereocenters. The molecular weight excluding hydrogens is 110 g/mol. The summed E-state index contributed by atoms with van der Waals surface area (Å²) in [4.78, 5) is 9.35. The normalized spacial score (nSPS) is 6.17. The zero-order valence-corrected chi connectivity index (χ0v) is 3.79. The molecule has 1 unspecified atom stereocenters. The Bertz CT molecular complexity index is 46.8. The summed E-state index contributed by atoms with van der Waals surface area (Å²) in [6.45, 7) is 0. The predicted molar refractivity (Wildman–Crippen MR) is 29.4 cm³/mol. The van der Waals surface area contributed by atoms with Gasteiger partial charge in [-0.2, -0.15) is 0 Å². The van der Waals surface area contributed by atoms with Crippen molar-refractivity contribution in [3.05, 3.63) is 0 Å². The van der Waals surface area contributed by atoms with Crippen molar-refractivity contribution < 1.29 is 9.90 Å². The monoisotopic (exact) mass is 116 g/mol. The van der Waals surface area contributed by atoms with E-state index in [-0.39, 0.29) is 35.7 Å². The summed E-state index contributed by atoms with van der Waals surface area (Å²) in [6.07, 6.45) is 0.139. The van der Waals surface area contributed by atoms with Gasteiger partial charge in [-0.1, -0.05) is 0 Å². The van der Waals surface area contributed by atoms with Gasteiger partial charge in [-0.25, -0.2) is 0 Å². The second-order valence-electron chi connectivity index (χ2n) is 0.598. The Morgan fingerprint density at radius 3 is 2.00 bits per heavy atom. The van der Waals surface area contributed by atoms with E-state index >= 15 is 0 Å². The van der Waals surface area contributed by atoms with Crippen LogP contribution in [0.3, 0.4) is 0 Å². The number of carbonyl (C=O) groups is 1. The Hall–Kier alpha value is 0.900. The molecule has 6 heavy (non-hydrogen) atoms. The second kappa shape index (κ2) is 5.90. The molecule has 0 saturated heterocycles. The number of hydrogen-bond acceptors (Lipinski definition) is 1. The molecule has 0 aliphatic carbocycles. The van der Waals surface area contributed by atoms with Crippen LogP contribution in [0.15, 0.2) is 0 Å². The van der Waals surface area contributed by atoms with Crippen molar-refractivity contribution in [3.8, 4) is 0 Å². The van der Waals surface area contributed by atoms with Crippen LogP contribution in [0, 0.1) is 0 Å². The predicted octanol–water partition coefficient (Wildman–Crippen LogP) is -0.702. The number of aliphatic carboxylic acids is 1. The van der Waals surface area contributed by atoms with Crippen LogP contribution in [0.1, 0.15) is 0 Å². The molecule has 0 aliphatic heterocycles. The molecule has 4 heteroatoms. The fraction of sp³-hybridized carbons (Fsp3) is 0.500. The summed E-state index contributed by atoms with van der Waals surface area (Å²) < 4.78 is 0. The first-order valence-corrected chi connectivity index (χ1v) is 2.01. The molecule has 0 aromatic heterocycles. The Morgan fingerprint density at radius 1 is 1.83 bits per heavy atom. The Kier molecular flexibility index (Phi) is 9.84. The third kappa shape index (κ3) is 8.86. The topological polar surface area (TPSA) is 37.3 Å². The van der Waals surface area contributed by atoms with E-state index in [1.165, 1.54) is 0 Å². The van der Waals surface area contributed by atoms with Crippen LogP contribution >= 0.6 is 9.24 Å². The zero-order valence-electron chi connectivity index (χ0n) is 2.64. The van der Waals surface area contributed by atoms with E-state index < -0.39 is 5.97 Å². The molecule has 0 amide bonds. The molecule has 1 N–H and O–H groups in total. The standard InChI is InChI=1S/C2H5O2P.Na.H/c3-2(4)1-5;;/h1,5H2,(H,3,4);;. The third-order valence-electron chi connectivity index (χ3n) is 0.175. The fourth-order valence-electron chi connectivity index (χ4n) is 0. The number of rotatable bonds is 1. The van der Waals surface area contributed by atoms with E-state index in [1.54, 1.807) is 0 Å². The summed E-state index contributed by atoms with van der Waals surface area (Å²) in [7, 11) is 2.09. The van der Waals surface area contributed by atoms with Crippen LogP contribution in [-0.4, -0.2) is 46.8 Å². The average Bonchev–Trinajstić information content (AvgIpc) is 1.38. The van der Waals surface area contributed by atoms with Crippen LogP contribution in [0.4, 0.5) is 0 Å². The summed E-state index contributed by atoms with van der Waals surface area (Å²) in [6, 6.07) is 0. The maximum atomic E-state index is 9.35. The van der Waals surface area contributed by atoms with Gasteiger partial charge in [-0.05, 0) is 0 Å². The van der Waals surface area contributed by atoms with Gasteiger partial charge in [-0.3, -0.25) is 4.79 Å². The molecule has 32 valence electrons. The average molecular weight is 116 g/mol. The van der Waals surface area contributed by atoms with E-state index in [0.717, 1.165) is 0 Å². The van der Waals surface area contributed by atoms with Crippen molar-refractivity contribution >= 4 is 44.8 Å². The summed E-state index contributed by atoms with van der Waals surface area (Å²) in [5.74, 6) is -0.782. The first-order chi connectivity index (χ1) is 2.27. The van der Waals surface area contributed by atoms with Gasteiger partial charge in [0.05, 0.1) is 6.16 Å². The Labute approximate surface area is 60.8 Å². The minimum atomic E-state index is -0.782. The minimum absolute atomic E-state index is 0. The van der Waals surface area contributed by atoms with Crippen molar-refractivity contribution in [2.75, 3.05) is 6.16 Å². The number of hydrogen-bond donors (Lipinski definition) is 1. The van der Waals surface area contributed by atoms with Gasteiger partial charge >= 0.3 is 35.5 Å². The second-order valence-corrected chi connectivity index (χ2v) is 1.01. The molecule has 0 aromatic carbocycles. The van der Waals surface area contributed by atoms with Crippen molar-refractivity contribution in [2.45, 2.75) is 0 Å². The molecule has 2 nitrogen and oxygen atoms in total. The summed E-state index contributed by atoms with van der Waals surface area (Å²) in [5.41, 5.74) is 0. The van der Waals surface area contributed by atoms with Crippen LogP contribution in [0.2, 0.25) is 0 Å². The fourth-order valence-corrected chi connectivity index (χ4v) is 0. The maximum absolute atomic E-state index is 9.35. The van der Waals surface area contributed by atoms with Gasteiger partial charge in [-0.15, -0.1) is 9.24 Å². The van der Waals surface area contributed by atoms with Gasteiger partial charge in [0.15, 0.2) is 0 Å². The van der Waals surface area contributed by atoms with E-state index in [9.17, 15) is 4.79 Å².